The third kappa shape index (κ3) is 3.53. The van der Waals surface area contributed by atoms with Gasteiger partial charge in [0.05, 0.1) is 0 Å². The van der Waals surface area contributed by atoms with Gasteiger partial charge in [0, 0.05) is 36.4 Å². The lowest BCUT2D eigenvalue weighted by Crippen LogP contribution is -2.23. The SMILES string of the molecule is CCc1cc2c(CSC(=S)N3CCCC3)cc(=O)oc2cc1O. The number of hydrogen-bond acceptors (Lipinski definition) is 5. The molecular weight excluding hydrogens is 330 g/mol. The summed E-state index contributed by atoms with van der Waals surface area (Å²) in [6.07, 6.45) is 3.11. The van der Waals surface area contributed by atoms with Gasteiger partial charge in [0.2, 0.25) is 0 Å². The summed E-state index contributed by atoms with van der Waals surface area (Å²) in [5.74, 6) is 0.797. The van der Waals surface area contributed by atoms with Crippen LogP contribution in [0.25, 0.3) is 11.0 Å². The molecule has 0 saturated carbocycles. The third-order valence-corrected chi connectivity index (χ3v) is 5.70. The Morgan fingerprint density at radius 3 is 2.74 bits per heavy atom. The lowest BCUT2D eigenvalue weighted by atomic mass is 10.1. The second-order valence-corrected chi connectivity index (χ2v) is 7.28. The molecule has 0 unspecified atom stereocenters. The number of likely N-dealkylation sites (tertiary alicyclic amines) is 1. The fourth-order valence-electron chi connectivity index (χ4n) is 2.84. The summed E-state index contributed by atoms with van der Waals surface area (Å²) in [4.78, 5) is 14.0. The van der Waals surface area contributed by atoms with E-state index in [-0.39, 0.29) is 5.75 Å². The zero-order valence-corrected chi connectivity index (χ0v) is 14.6. The molecule has 1 aromatic carbocycles. The summed E-state index contributed by atoms with van der Waals surface area (Å²) in [6, 6.07) is 4.96. The van der Waals surface area contributed by atoms with Crippen LogP contribution in [0, 0.1) is 0 Å². The van der Waals surface area contributed by atoms with Gasteiger partial charge in [-0.2, -0.15) is 0 Å². The first kappa shape index (κ1) is 16.3. The second-order valence-electron chi connectivity index (χ2n) is 5.67. The number of nitrogens with zero attached hydrogens (tertiary/aromatic N) is 1. The van der Waals surface area contributed by atoms with E-state index in [2.05, 4.69) is 4.90 Å². The molecule has 6 heteroatoms. The second kappa shape index (κ2) is 6.93. The zero-order chi connectivity index (χ0) is 16.4. The van der Waals surface area contributed by atoms with Crippen LogP contribution < -0.4 is 5.63 Å². The average molecular weight is 349 g/mol. The van der Waals surface area contributed by atoms with Crippen molar-refractivity contribution in [2.75, 3.05) is 13.1 Å². The van der Waals surface area contributed by atoms with Gasteiger partial charge in [0.15, 0.2) is 0 Å². The van der Waals surface area contributed by atoms with Gasteiger partial charge in [-0.3, -0.25) is 0 Å². The highest BCUT2D eigenvalue weighted by Gasteiger charge is 2.16. The summed E-state index contributed by atoms with van der Waals surface area (Å²) in [5.41, 5.74) is 1.77. The van der Waals surface area contributed by atoms with Gasteiger partial charge in [0.25, 0.3) is 0 Å². The Balaban J connectivity index is 1.89. The van der Waals surface area contributed by atoms with Crippen LogP contribution in [0.1, 0.15) is 30.9 Å². The molecule has 1 N–H and O–H groups in total. The van der Waals surface area contributed by atoms with E-state index in [4.69, 9.17) is 16.6 Å². The smallest absolute Gasteiger partial charge is 0.336 e. The van der Waals surface area contributed by atoms with Crippen LogP contribution in [-0.2, 0) is 12.2 Å². The van der Waals surface area contributed by atoms with Gasteiger partial charge in [-0.15, -0.1) is 0 Å². The lowest BCUT2D eigenvalue weighted by molar-refractivity contribution is 0.466. The lowest BCUT2D eigenvalue weighted by Gasteiger charge is -2.17. The summed E-state index contributed by atoms with van der Waals surface area (Å²) in [7, 11) is 0. The average Bonchev–Trinajstić information content (AvgIpc) is 3.06. The molecule has 122 valence electrons. The maximum absolute atomic E-state index is 11.8. The summed E-state index contributed by atoms with van der Waals surface area (Å²) in [6.45, 7) is 4.03. The number of thioether (sulfide) groups is 1. The topological polar surface area (TPSA) is 53.7 Å². The van der Waals surface area contributed by atoms with Gasteiger partial charge in [-0.05, 0) is 36.5 Å². The number of phenolic OH excluding ortho intramolecular Hbond substituents is 1. The van der Waals surface area contributed by atoms with E-state index in [1.807, 2.05) is 13.0 Å². The maximum atomic E-state index is 11.8. The number of benzene rings is 1. The van der Waals surface area contributed by atoms with Gasteiger partial charge >= 0.3 is 5.63 Å². The molecule has 0 spiro atoms. The van der Waals surface area contributed by atoms with Gasteiger partial charge in [-0.25, -0.2) is 4.79 Å². The first-order valence-electron chi connectivity index (χ1n) is 7.79. The number of rotatable bonds is 3. The van der Waals surface area contributed by atoms with Gasteiger partial charge in [0.1, 0.15) is 15.7 Å². The van der Waals surface area contributed by atoms with Crippen LogP contribution in [0.4, 0.5) is 0 Å². The molecular formula is C17H19NO3S2. The van der Waals surface area contributed by atoms with Crippen molar-refractivity contribution < 1.29 is 9.52 Å². The molecule has 4 nitrogen and oxygen atoms in total. The standard InChI is InChI=1S/C17H19NO3S2/c1-2-11-7-13-12(8-16(20)21-15(13)9-14(11)19)10-23-17(22)18-5-3-4-6-18/h7-9,19H,2-6,10H2,1H3. The molecule has 1 aromatic heterocycles. The van der Waals surface area contributed by atoms with E-state index in [0.717, 1.165) is 40.3 Å². The van der Waals surface area contributed by atoms with E-state index >= 15 is 0 Å². The Hall–Kier alpha value is -1.53. The Kier molecular flexibility index (Phi) is 4.92. The van der Waals surface area contributed by atoms with Crippen LogP contribution in [0.5, 0.6) is 5.75 Å². The summed E-state index contributed by atoms with van der Waals surface area (Å²) >= 11 is 7.07. The largest absolute Gasteiger partial charge is 0.508 e. The first-order chi connectivity index (χ1) is 11.1. The van der Waals surface area contributed by atoms with Crippen molar-refractivity contribution in [1.29, 1.82) is 0 Å². The Morgan fingerprint density at radius 2 is 2.04 bits per heavy atom. The highest BCUT2D eigenvalue weighted by atomic mass is 32.2. The van der Waals surface area contributed by atoms with Crippen molar-refractivity contribution in [2.24, 2.45) is 0 Å². The Morgan fingerprint density at radius 1 is 1.30 bits per heavy atom. The minimum absolute atomic E-state index is 0.167. The molecule has 0 radical (unpaired) electrons. The molecule has 23 heavy (non-hydrogen) atoms. The monoisotopic (exact) mass is 349 g/mol. The number of thiocarbonyl (C=S) groups is 1. The van der Waals surface area contributed by atoms with Crippen molar-refractivity contribution in [3.05, 3.63) is 39.7 Å². The number of hydrogen-bond donors (Lipinski definition) is 1. The van der Waals surface area contributed by atoms with Crippen LogP contribution in [-0.4, -0.2) is 27.4 Å². The van der Waals surface area contributed by atoms with E-state index in [9.17, 15) is 9.90 Å². The van der Waals surface area contributed by atoms with E-state index in [1.54, 1.807) is 11.8 Å². The van der Waals surface area contributed by atoms with Crippen molar-refractivity contribution in [1.82, 2.24) is 4.90 Å². The number of fused-ring (bicyclic) bond motifs is 1. The van der Waals surface area contributed by atoms with E-state index in [1.165, 1.54) is 25.0 Å². The number of phenols is 1. The summed E-state index contributed by atoms with van der Waals surface area (Å²) in [5, 5.41) is 10.8. The fourth-order valence-corrected chi connectivity index (χ4v) is 4.08. The molecule has 1 fully saturated rings. The minimum atomic E-state index is -0.399. The molecule has 0 atom stereocenters. The highest BCUT2D eigenvalue weighted by molar-refractivity contribution is 8.22. The molecule has 1 saturated heterocycles. The molecule has 1 aliphatic heterocycles. The molecule has 0 bridgehead atoms. The molecule has 2 heterocycles. The number of aryl methyl sites for hydroxylation is 1. The maximum Gasteiger partial charge on any atom is 0.336 e. The number of aromatic hydroxyl groups is 1. The van der Waals surface area contributed by atoms with Crippen LogP contribution in [0.3, 0.4) is 0 Å². The highest BCUT2D eigenvalue weighted by Crippen LogP contribution is 2.29. The molecule has 2 aromatic rings. The summed E-state index contributed by atoms with van der Waals surface area (Å²) < 4.78 is 6.11. The zero-order valence-electron chi connectivity index (χ0n) is 13.0. The van der Waals surface area contributed by atoms with E-state index < -0.39 is 5.63 Å². The molecule has 0 amide bonds. The predicted octanol–water partition coefficient (Wildman–Crippen LogP) is 3.67. The normalized spacial score (nSPS) is 14.6. The van der Waals surface area contributed by atoms with Crippen molar-refractivity contribution in [3.63, 3.8) is 0 Å². The van der Waals surface area contributed by atoms with Crippen molar-refractivity contribution in [2.45, 2.75) is 31.9 Å². The van der Waals surface area contributed by atoms with Crippen LogP contribution in [0.15, 0.2) is 27.4 Å². The molecule has 0 aliphatic carbocycles. The minimum Gasteiger partial charge on any atom is -0.508 e. The third-order valence-electron chi connectivity index (χ3n) is 4.13. The first-order valence-corrected chi connectivity index (χ1v) is 9.18. The van der Waals surface area contributed by atoms with Gasteiger partial charge in [-0.1, -0.05) is 30.9 Å². The van der Waals surface area contributed by atoms with Crippen LogP contribution >= 0.6 is 24.0 Å². The fraction of sp³-hybridized carbons (Fsp3) is 0.412. The quantitative estimate of drug-likeness (QED) is 0.674. The molecule has 1 aliphatic rings. The molecule has 3 rings (SSSR count). The van der Waals surface area contributed by atoms with Crippen LogP contribution in [0.2, 0.25) is 0 Å². The Bertz CT molecular complexity index is 794. The Labute approximate surface area is 144 Å². The predicted molar refractivity (Wildman–Crippen MR) is 98.2 cm³/mol. The van der Waals surface area contributed by atoms with Gasteiger partial charge < -0.3 is 14.4 Å². The van der Waals surface area contributed by atoms with E-state index in [0.29, 0.717) is 11.3 Å². The van der Waals surface area contributed by atoms with Crippen molar-refractivity contribution >= 4 is 39.3 Å². The van der Waals surface area contributed by atoms with Crippen molar-refractivity contribution in [3.8, 4) is 5.75 Å².